The maximum Gasteiger partial charge on any atom is 0.150 e. The number of nitrogens with zero attached hydrogens (tertiary/aromatic N) is 6. The number of nitrogens with one attached hydrogen (secondary N) is 1. The highest BCUT2D eigenvalue weighted by molar-refractivity contribution is 5.90. The fourth-order valence-electron chi connectivity index (χ4n) is 5.96. The smallest absolute Gasteiger partial charge is 0.150 e. The quantitative estimate of drug-likeness (QED) is 0.518. The number of anilines is 4. The van der Waals surface area contributed by atoms with Gasteiger partial charge in [0.1, 0.15) is 24.1 Å². The summed E-state index contributed by atoms with van der Waals surface area (Å²) in [5.41, 5.74) is 7.14. The molecule has 1 saturated heterocycles. The van der Waals surface area contributed by atoms with Gasteiger partial charge in [0, 0.05) is 67.9 Å². The van der Waals surface area contributed by atoms with E-state index in [1.165, 1.54) is 48.2 Å². The molecular weight excluding hydrogens is 465 g/mol. The number of pyridine rings is 1. The Labute approximate surface area is 219 Å². The molecule has 2 aliphatic heterocycles. The molecule has 1 saturated carbocycles. The number of aromatic nitrogens is 3. The fraction of sp³-hybridized carbons (Fsp3) is 0.483. The van der Waals surface area contributed by atoms with Crippen LogP contribution in [-0.2, 0) is 0 Å². The Morgan fingerprint density at radius 1 is 1.08 bits per heavy atom. The topological polar surface area (TPSA) is 60.4 Å². The summed E-state index contributed by atoms with van der Waals surface area (Å²) in [6, 6.07) is 2.63. The monoisotopic (exact) mass is 503 g/mol. The van der Waals surface area contributed by atoms with Crippen LogP contribution >= 0.6 is 0 Å². The highest BCUT2D eigenvalue weighted by Gasteiger charge is 2.33. The zero-order valence-corrected chi connectivity index (χ0v) is 22.3. The van der Waals surface area contributed by atoms with E-state index in [9.17, 15) is 4.39 Å². The van der Waals surface area contributed by atoms with Crippen molar-refractivity contribution in [3.05, 3.63) is 59.7 Å². The number of alkyl halides is 1. The second-order valence-corrected chi connectivity index (χ2v) is 10.3. The first-order valence-corrected chi connectivity index (χ1v) is 13.5. The molecule has 8 heteroatoms. The Bertz CT molecular complexity index is 1190. The summed E-state index contributed by atoms with van der Waals surface area (Å²) in [5.74, 6) is 2.27. The van der Waals surface area contributed by atoms with Gasteiger partial charge in [-0.3, -0.25) is 4.90 Å². The van der Waals surface area contributed by atoms with Crippen LogP contribution in [0.1, 0.15) is 52.0 Å². The van der Waals surface area contributed by atoms with Crippen molar-refractivity contribution in [2.24, 2.45) is 0 Å². The van der Waals surface area contributed by atoms with Gasteiger partial charge < -0.3 is 15.1 Å². The lowest BCUT2D eigenvalue weighted by Crippen LogP contribution is -2.47. The van der Waals surface area contributed by atoms with Crippen LogP contribution in [0.15, 0.2) is 54.2 Å². The number of hydrogen-bond donors (Lipinski definition) is 1. The van der Waals surface area contributed by atoms with Gasteiger partial charge in [0.25, 0.3) is 0 Å². The van der Waals surface area contributed by atoms with Crippen molar-refractivity contribution in [1.29, 1.82) is 0 Å². The molecule has 37 heavy (non-hydrogen) atoms. The first kappa shape index (κ1) is 25.4. The van der Waals surface area contributed by atoms with Gasteiger partial charge in [-0.2, -0.15) is 0 Å². The highest BCUT2D eigenvalue weighted by atomic mass is 19.1. The SMILES string of the molecule is C=C(C)C1=C(C)c2cnc(Nc3cnc(N4CCN(CCF)CC4)cn3)cc2N(C2CCCC2)/C1=C/C. The molecular formula is C29H38FN7. The molecule has 7 nitrogen and oxygen atoms in total. The van der Waals surface area contributed by atoms with E-state index in [2.05, 4.69) is 69.5 Å². The number of hydrogen-bond acceptors (Lipinski definition) is 7. The van der Waals surface area contributed by atoms with Crippen molar-refractivity contribution < 1.29 is 4.39 Å². The van der Waals surface area contributed by atoms with Crippen LogP contribution in [0.25, 0.3) is 5.57 Å². The third-order valence-electron chi connectivity index (χ3n) is 7.82. The molecule has 3 aliphatic rings. The molecule has 2 aromatic heterocycles. The molecule has 5 rings (SSSR count). The van der Waals surface area contributed by atoms with Crippen molar-refractivity contribution in [3.63, 3.8) is 0 Å². The maximum atomic E-state index is 12.6. The molecule has 0 spiro atoms. The van der Waals surface area contributed by atoms with Crippen LogP contribution in [0.4, 0.5) is 27.5 Å². The first-order valence-electron chi connectivity index (χ1n) is 13.5. The summed E-state index contributed by atoms with van der Waals surface area (Å²) < 4.78 is 12.6. The summed E-state index contributed by atoms with van der Waals surface area (Å²) in [6.45, 7) is 14.2. The van der Waals surface area contributed by atoms with E-state index in [1.807, 2.05) is 6.20 Å². The zero-order valence-electron chi connectivity index (χ0n) is 22.3. The van der Waals surface area contributed by atoms with E-state index >= 15 is 0 Å². The number of rotatable bonds is 7. The van der Waals surface area contributed by atoms with E-state index in [4.69, 9.17) is 4.98 Å². The summed E-state index contributed by atoms with van der Waals surface area (Å²) in [6.07, 6.45) is 12.7. The number of allylic oxidation sites excluding steroid dienone is 3. The predicted octanol–water partition coefficient (Wildman–Crippen LogP) is 5.72. The van der Waals surface area contributed by atoms with E-state index in [0.717, 1.165) is 49.0 Å². The van der Waals surface area contributed by atoms with Gasteiger partial charge in [0.15, 0.2) is 0 Å². The minimum atomic E-state index is -0.295. The average molecular weight is 504 g/mol. The zero-order chi connectivity index (χ0) is 25.9. The second-order valence-electron chi connectivity index (χ2n) is 10.3. The van der Waals surface area contributed by atoms with E-state index in [-0.39, 0.29) is 6.67 Å². The normalized spacial score (nSPS) is 20.1. The van der Waals surface area contributed by atoms with Crippen LogP contribution in [0.2, 0.25) is 0 Å². The molecule has 2 fully saturated rings. The molecule has 1 aliphatic carbocycles. The molecule has 0 bridgehead atoms. The van der Waals surface area contributed by atoms with Gasteiger partial charge in [-0.25, -0.2) is 19.3 Å². The standard InChI is InChI=1S/C29H38FN7/c1-5-24-29(20(2)3)21(4)23-17-31-26(16-25(23)37(24)22-8-6-7-9-22)34-27-18-33-28(19-32-27)36-14-12-35(11-10-30)13-15-36/h5,16-19,22H,2,6-15H2,1,3-4H3,(H,31,32,34)/b24-5+. The molecule has 0 unspecified atom stereocenters. The summed E-state index contributed by atoms with van der Waals surface area (Å²) in [4.78, 5) is 20.9. The third kappa shape index (κ3) is 5.12. The molecule has 0 radical (unpaired) electrons. The van der Waals surface area contributed by atoms with Crippen LogP contribution in [0.3, 0.4) is 0 Å². The molecule has 4 heterocycles. The Balaban J connectivity index is 1.38. The minimum absolute atomic E-state index is 0.295. The molecule has 0 atom stereocenters. The van der Waals surface area contributed by atoms with Crippen LogP contribution in [-0.4, -0.2) is 65.3 Å². The lowest BCUT2D eigenvalue weighted by atomic mass is 9.88. The van der Waals surface area contributed by atoms with Crippen molar-refractivity contribution in [1.82, 2.24) is 19.9 Å². The van der Waals surface area contributed by atoms with Crippen LogP contribution in [0, 0.1) is 0 Å². The van der Waals surface area contributed by atoms with Gasteiger partial charge in [-0.1, -0.05) is 25.5 Å². The van der Waals surface area contributed by atoms with Crippen molar-refractivity contribution in [2.75, 3.05) is 54.5 Å². The first-order chi connectivity index (χ1) is 18.0. The molecule has 196 valence electrons. The Hall–Kier alpha value is -3.26. The Morgan fingerprint density at radius 3 is 2.43 bits per heavy atom. The van der Waals surface area contributed by atoms with E-state index < -0.39 is 0 Å². The number of fused-ring (bicyclic) bond motifs is 1. The van der Waals surface area contributed by atoms with Gasteiger partial charge in [-0.15, -0.1) is 0 Å². The van der Waals surface area contributed by atoms with Gasteiger partial charge in [0.05, 0.1) is 18.1 Å². The largest absolute Gasteiger partial charge is 0.353 e. The van der Waals surface area contributed by atoms with Gasteiger partial charge in [0.2, 0.25) is 0 Å². The third-order valence-corrected chi connectivity index (χ3v) is 7.82. The van der Waals surface area contributed by atoms with Crippen LogP contribution < -0.4 is 15.1 Å². The van der Waals surface area contributed by atoms with Crippen LogP contribution in [0.5, 0.6) is 0 Å². The molecule has 0 amide bonds. The molecule has 2 aromatic rings. The maximum absolute atomic E-state index is 12.6. The lowest BCUT2D eigenvalue weighted by molar-refractivity contribution is 0.235. The van der Waals surface area contributed by atoms with Crippen molar-refractivity contribution >= 4 is 28.7 Å². The molecule has 1 N–H and O–H groups in total. The predicted molar refractivity (Wildman–Crippen MR) is 150 cm³/mol. The highest BCUT2D eigenvalue weighted by Crippen LogP contribution is 2.46. The molecule has 0 aromatic carbocycles. The van der Waals surface area contributed by atoms with E-state index in [1.54, 1.807) is 12.4 Å². The fourth-order valence-corrected chi connectivity index (χ4v) is 5.96. The summed E-state index contributed by atoms with van der Waals surface area (Å²) in [7, 11) is 0. The second kappa shape index (κ2) is 11.0. The number of piperazine rings is 1. The minimum Gasteiger partial charge on any atom is -0.353 e. The number of halogens is 1. The van der Waals surface area contributed by atoms with Gasteiger partial charge >= 0.3 is 0 Å². The van der Waals surface area contributed by atoms with E-state index in [0.29, 0.717) is 18.4 Å². The lowest BCUT2D eigenvalue weighted by Gasteiger charge is -2.40. The average Bonchev–Trinajstić information content (AvgIpc) is 3.44. The summed E-state index contributed by atoms with van der Waals surface area (Å²) in [5, 5.41) is 3.37. The Kier molecular flexibility index (Phi) is 7.55. The van der Waals surface area contributed by atoms with Crippen molar-refractivity contribution in [2.45, 2.75) is 52.5 Å². The van der Waals surface area contributed by atoms with Crippen molar-refractivity contribution in [3.8, 4) is 0 Å². The Morgan fingerprint density at radius 2 is 1.81 bits per heavy atom. The van der Waals surface area contributed by atoms with Gasteiger partial charge in [-0.05, 0) is 44.8 Å². The summed E-state index contributed by atoms with van der Waals surface area (Å²) >= 11 is 0.